The molecule has 1 heterocycles. The molecule has 1 aromatic rings. The van der Waals surface area contributed by atoms with Crippen LogP contribution in [0, 0.1) is 19.8 Å². The van der Waals surface area contributed by atoms with E-state index in [-0.39, 0.29) is 24.0 Å². The standard InChI is InChI=1S/C15H27N5O2/c1-10-18-11(2)20(19-10)8-4-7-17-15(21)12-5-6-14(22-3)13(16)9-12/h12-14H,4-9,16H2,1-3H3,(H,17,21)/t12-,13+,14+/m0/s1. The third-order valence-corrected chi connectivity index (χ3v) is 4.32. The molecule has 1 amide bonds. The Labute approximate surface area is 131 Å². The molecular weight excluding hydrogens is 282 g/mol. The minimum atomic E-state index is -0.0460. The highest BCUT2D eigenvalue weighted by molar-refractivity contribution is 5.78. The van der Waals surface area contributed by atoms with Crippen molar-refractivity contribution in [2.45, 2.75) is 58.2 Å². The van der Waals surface area contributed by atoms with Crippen molar-refractivity contribution in [3.8, 4) is 0 Å². The first kappa shape index (κ1) is 16.9. The van der Waals surface area contributed by atoms with Gasteiger partial charge in [0.15, 0.2) is 0 Å². The van der Waals surface area contributed by atoms with Crippen LogP contribution in [0.3, 0.4) is 0 Å². The molecule has 22 heavy (non-hydrogen) atoms. The van der Waals surface area contributed by atoms with Gasteiger partial charge in [0.1, 0.15) is 11.6 Å². The van der Waals surface area contributed by atoms with Crippen LogP contribution in [0.5, 0.6) is 0 Å². The van der Waals surface area contributed by atoms with Gasteiger partial charge in [0.05, 0.1) is 6.10 Å². The van der Waals surface area contributed by atoms with Crippen LogP contribution in [0.1, 0.15) is 37.3 Å². The molecule has 3 atom stereocenters. The molecule has 1 aromatic heterocycles. The topological polar surface area (TPSA) is 95.1 Å². The highest BCUT2D eigenvalue weighted by atomic mass is 16.5. The van der Waals surface area contributed by atoms with E-state index >= 15 is 0 Å². The number of amides is 1. The minimum absolute atomic E-state index is 0.0109. The number of aromatic nitrogens is 3. The first-order chi connectivity index (χ1) is 10.5. The molecule has 1 saturated carbocycles. The summed E-state index contributed by atoms with van der Waals surface area (Å²) in [4.78, 5) is 16.4. The zero-order valence-electron chi connectivity index (χ0n) is 13.7. The average molecular weight is 309 g/mol. The van der Waals surface area contributed by atoms with Gasteiger partial charge in [0.2, 0.25) is 5.91 Å². The maximum Gasteiger partial charge on any atom is 0.223 e. The molecule has 1 fully saturated rings. The fourth-order valence-electron chi connectivity index (χ4n) is 3.07. The van der Waals surface area contributed by atoms with Crippen molar-refractivity contribution < 1.29 is 9.53 Å². The summed E-state index contributed by atoms with van der Waals surface area (Å²) in [6.45, 7) is 5.23. The van der Waals surface area contributed by atoms with E-state index in [1.54, 1.807) is 7.11 Å². The van der Waals surface area contributed by atoms with E-state index in [9.17, 15) is 4.79 Å². The van der Waals surface area contributed by atoms with Crippen LogP contribution in [-0.2, 0) is 16.1 Å². The Morgan fingerprint density at radius 2 is 2.23 bits per heavy atom. The van der Waals surface area contributed by atoms with Gasteiger partial charge in [-0.2, -0.15) is 5.10 Å². The maximum atomic E-state index is 12.2. The number of hydrogen-bond acceptors (Lipinski definition) is 5. The third kappa shape index (κ3) is 4.27. The Bertz CT molecular complexity index is 502. The van der Waals surface area contributed by atoms with Gasteiger partial charge in [-0.3, -0.25) is 9.48 Å². The summed E-state index contributed by atoms with van der Waals surface area (Å²) in [5.41, 5.74) is 6.04. The van der Waals surface area contributed by atoms with Crippen LogP contribution in [0.4, 0.5) is 0 Å². The zero-order valence-corrected chi connectivity index (χ0v) is 13.7. The molecule has 124 valence electrons. The van der Waals surface area contributed by atoms with Crippen molar-refractivity contribution in [3.63, 3.8) is 0 Å². The van der Waals surface area contributed by atoms with Crippen LogP contribution in [0.15, 0.2) is 0 Å². The first-order valence-electron chi connectivity index (χ1n) is 7.95. The number of methoxy groups -OCH3 is 1. The Morgan fingerprint density at radius 1 is 1.45 bits per heavy atom. The van der Waals surface area contributed by atoms with Gasteiger partial charge in [-0.1, -0.05) is 0 Å². The van der Waals surface area contributed by atoms with E-state index in [0.29, 0.717) is 13.0 Å². The molecule has 0 saturated heterocycles. The number of aryl methyl sites for hydroxylation is 3. The Kier molecular flexibility index (Phi) is 5.90. The monoisotopic (exact) mass is 309 g/mol. The van der Waals surface area contributed by atoms with Crippen LogP contribution < -0.4 is 11.1 Å². The second-order valence-corrected chi connectivity index (χ2v) is 6.02. The van der Waals surface area contributed by atoms with E-state index in [0.717, 1.165) is 37.5 Å². The normalized spacial score (nSPS) is 25.2. The van der Waals surface area contributed by atoms with E-state index in [1.165, 1.54) is 0 Å². The number of carbonyl (C=O) groups is 1. The summed E-state index contributed by atoms with van der Waals surface area (Å²) < 4.78 is 7.20. The highest BCUT2D eigenvalue weighted by Crippen LogP contribution is 2.25. The number of carbonyl (C=O) groups excluding carboxylic acids is 1. The Balaban J connectivity index is 1.69. The van der Waals surface area contributed by atoms with Gasteiger partial charge in [0.25, 0.3) is 0 Å². The lowest BCUT2D eigenvalue weighted by molar-refractivity contribution is -0.127. The van der Waals surface area contributed by atoms with Gasteiger partial charge in [0, 0.05) is 32.2 Å². The number of rotatable bonds is 6. The molecule has 0 aliphatic heterocycles. The number of nitrogens with zero attached hydrogens (tertiary/aromatic N) is 3. The molecule has 3 N–H and O–H groups in total. The lowest BCUT2D eigenvalue weighted by Gasteiger charge is -2.32. The second-order valence-electron chi connectivity index (χ2n) is 6.02. The fourth-order valence-corrected chi connectivity index (χ4v) is 3.07. The Hall–Kier alpha value is -1.47. The molecule has 2 rings (SSSR count). The minimum Gasteiger partial charge on any atom is -0.380 e. The largest absolute Gasteiger partial charge is 0.380 e. The summed E-state index contributed by atoms with van der Waals surface area (Å²) in [7, 11) is 1.68. The van der Waals surface area contributed by atoms with Crippen molar-refractivity contribution in [1.82, 2.24) is 20.1 Å². The van der Waals surface area contributed by atoms with Gasteiger partial charge < -0.3 is 15.8 Å². The van der Waals surface area contributed by atoms with E-state index in [1.807, 2.05) is 18.5 Å². The Morgan fingerprint density at radius 3 is 2.82 bits per heavy atom. The second kappa shape index (κ2) is 7.69. The third-order valence-electron chi connectivity index (χ3n) is 4.32. The number of ether oxygens (including phenoxy) is 1. The summed E-state index contributed by atoms with van der Waals surface area (Å²) >= 11 is 0. The quantitative estimate of drug-likeness (QED) is 0.748. The first-order valence-corrected chi connectivity index (χ1v) is 7.95. The van der Waals surface area contributed by atoms with Crippen molar-refractivity contribution in [2.24, 2.45) is 11.7 Å². The van der Waals surface area contributed by atoms with Gasteiger partial charge in [-0.05, 0) is 39.5 Å². The highest BCUT2D eigenvalue weighted by Gasteiger charge is 2.31. The average Bonchev–Trinajstić information content (AvgIpc) is 2.81. The lowest BCUT2D eigenvalue weighted by atomic mass is 9.83. The van der Waals surface area contributed by atoms with Crippen LogP contribution in [0.2, 0.25) is 0 Å². The number of nitrogens with one attached hydrogen (secondary N) is 1. The molecule has 0 bridgehead atoms. The van der Waals surface area contributed by atoms with E-state index in [4.69, 9.17) is 10.5 Å². The molecular formula is C15H27N5O2. The smallest absolute Gasteiger partial charge is 0.223 e. The predicted octanol–water partition coefficient (Wildman–Crippen LogP) is 0.544. The fraction of sp³-hybridized carbons (Fsp3) is 0.800. The van der Waals surface area contributed by atoms with E-state index in [2.05, 4.69) is 15.4 Å². The van der Waals surface area contributed by atoms with Crippen LogP contribution >= 0.6 is 0 Å². The number of hydrogen-bond donors (Lipinski definition) is 2. The summed E-state index contributed by atoms with van der Waals surface area (Å²) in [5, 5.41) is 7.31. The molecule has 0 radical (unpaired) electrons. The zero-order chi connectivity index (χ0) is 16.1. The summed E-state index contributed by atoms with van der Waals surface area (Å²) in [6, 6.07) is -0.0460. The molecule has 0 unspecified atom stereocenters. The molecule has 7 heteroatoms. The van der Waals surface area contributed by atoms with Crippen molar-refractivity contribution in [3.05, 3.63) is 11.6 Å². The van der Waals surface area contributed by atoms with Crippen LogP contribution in [-0.4, -0.2) is 46.5 Å². The molecule has 0 spiro atoms. The van der Waals surface area contributed by atoms with Crippen molar-refractivity contribution >= 4 is 5.91 Å². The molecule has 1 aliphatic rings. The van der Waals surface area contributed by atoms with Crippen molar-refractivity contribution in [2.75, 3.05) is 13.7 Å². The number of nitrogens with two attached hydrogens (primary N) is 1. The summed E-state index contributed by atoms with van der Waals surface area (Å²) in [5.74, 6) is 1.81. The SMILES string of the molecule is CO[C@@H]1CC[C@H](C(=O)NCCCn2nc(C)nc2C)C[C@H]1N. The summed E-state index contributed by atoms with van der Waals surface area (Å²) in [6.07, 6.45) is 3.33. The van der Waals surface area contributed by atoms with Crippen LogP contribution in [0.25, 0.3) is 0 Å². The molecule has 0 aromatic carbocycles. The molecule has 1 aliphatic carbocycles. The molecule has 7 nitrogen and oxygen atoms in total. The maximum absolute atomic E-state index is 12.2. The predicted molar refractivity (Wildman–Crippen MR) is 83.2 cm³/mol. The van der Waals surface area contributed by atoms with Gasteiger partial charge in [-0.25, -0.2) is 4.98 Å². The van der Waals surface area contributed by atoms with Crippen molar-refractivity contribution in [1.29, 1.82) is 0 Å². The van der Waals surface area contributed by atoms with Gasteiger partial charge >= 0.3 is 0 Å². The van der Waals surface area contributed by atoms with Gasteiger partial charge in [-0.15, -0.1) is 0 Å². The lowest BCUT2D eigenvalue weighted by Crippen LogP contribution is -2.45. The van der Waals surface area contributed by atoms with E-state index < -0.39 is 0 Å².